The molecule has 1 unspecified atom stereocenters. The predicted molar refractivity (Wildman–Crippen MR) is 116 cm³/mol. The zero-order valence-electron chi connectivity index (χ0n) is 15.7. The highest BCUT2D eigenvalue weighted by molar-refractivity contribution is 7.98. The Balaban J connectivity index is 2.30. The molecule has 2 heterocycles. The van der Waals surface area contributed by atoms with Crippen LogP contribution in [-0.2, 0) is 0 Å². The Bertz CT molecular complexity index is 964. The number of unbranched alkanes of at least 4 members (excludes halogenated alkanes) is 1. The second kappa shape index (κ2) is 8.56. The summed E-state index contributed by atoms with van der Waals surface area (Å²) in [6, 6.07) is 3.32. The van der Waals surface area contributed by atoms with Gasteiger partial charge in [0.1, 0.15) is 16.5 Å². The summed E-state index contributed by atoms with van der Waals surface area (Å²) in [7, 11) is 0. The van der Waals surface area contributed by atoms with Gasteiger partial charge in [-0.1, -0.05) is 61.5 Å². The molecule has 27 heavy (non-hydrogen) atoms. The fraction of sp³-hybridized carbons (Fsp3) is 0.421. The minimum absolute atomic E-state index is 0.314. The summed E-state index contributed by atoms with van der Waals surface area (Å²) in [5.41, 5.74) is 2.33. The van der Waals surface area contributed by atoms with Crippen molar-refractivity contribution in [2.24, 2.45) is 0 Å². The van der Waals surface area contributed by atoms with Crippen molar-refractivity contribution in [3.8, 4) is 5.69 Å². The van der Waals surface area contributed by atoms with E-state index in [2.05, 4.69) is 18.8 Å². The Kier molecular flexibility index (Phi) is 6.57. The molecule has 0 bridgehead atoms. The number of hydrogen-bond donors (Lipinski definition) is 0. The van der Waals surface area contributed by atoms with Crippen LogP contribution in [0.25, 0.3) is 16.7 Å². The first-order valence-electron chi connectivity index (χ1n) is 8.83. The zero-order chi connectivity index (χ0) is 19.7. The third kappa shape index (κ3) is 4.07. The van der Waals surface area contributed by atoms with Gasteiger partial charge in [-0.25, -0.2) is 14.6 Å². The molecule has 0 fully saturated rings. The molecule has 0 aliphatic rings. The molecule has 2 aromatic heterocycles. The number of benzene rings is 1. The molecule has 0 saturated carbocycles. The van der Waals surface area contributed by atoms with E-state index in [1.807, 2.05) is 13.2 Å². The highest BCUT2D eigenvalue weighted by atomic mass is 35.5. The fourth-order valence-corrected chi connectivity index (χ4v) is 4.71. The number of fused-ring (bicyclic) bond motifs is 1. The summed E-state index contributed by atoms with van der Waals surface area (Å²) in [5, 5.41) is 7.94. The van der Waals surface area contributed by atoms with Crippen LogP contribution in [0.2, 0.25) is 15.1 Å². The fourth-order valence-electron chi connectivity index (χ4n) is 3.16. The van der Waals surface area contributed by atoms with Gasteiger partial charge in [0.25, 0.3) is 0 Å². The number of aromatic nitrogens is 4. The maximum atomic E-state index is 6.45. The van der Waals surface area contributed by atoms with Crippen LogP contribution in [0.1, 0.15) is 50.5 Å². The van der Waals surface area contributed by atoms with Crippen LogP contribution in [-0.4, -0.2) is 26.0 Å². The van der Waals surface area contributed by atoms with Gasteiger partial charge in [0.05, 0.1) is 21.1 Å². The Morgan fingerprint density at radius 3 is 2.41 bits per heavy atom. The van der Waals surface area contributed by atoms with E-state index in [4.69, 9.17) is 44.9 Å². The molecule has 0 N–H and O–H groups in total. The van der Waals surface area contributed by atoms with Crippen molar-refractivity contribution in [3.63, 3.8) is 0 Å². The minimum atomic E-state index is 0.314. The Morgan fingerprint density at radius 2 is 1.81 bits per heavy atom. The van der Waals surface area contributed by atoms with Crippen LogP contribution in [0.3, 0.4) is 0 Å². The molecule has 0 aliphatic heterocycles. The van der Waals surface area contributed by atoms with Crippen molar-refractivity contribution in [1.29, 1.82) is 0 Å². The Morgan fingerprint density at radius 1 is 1.15 bits per heavy atom. The van der Waals surface area contributed by atoms with E-state index in [0.717, 1.165) is 41.0 Å². The van der Waals surface area contributed by atoms with Gasteiger partial charge < -0.3 is 0 Å². The largest absolute Gasteiger partial charge is 0.237 e. The van der Waals surface area contributed by atoms with Gasteiger partial charge in [0.15, 0.2) is 5.65 Å². The van der Waals surface area contributed by atoms with Gasteiger partial charge in [0, 0.05) is 5.02 Å². The van der Waals surface area contributed by atoms with Crippen molar-refractivity contribution in [2.75, 3.05) is 6.26 Å². The van der Waals surface area contributed by atoms with E-state index in [9.17, 15) is 0 Å². The van der Waals surface area contributed by atoms with Gasteiger partial charge in [-0.3, -0.25) is 0 Å². The first-order valence-corrected chi connectivity index (χ1v) is 11.2. The quantitative estimate of drug-likeness (QED) is 0.381. The van der Waals surface area contributed by atoms with E-state index in [1.165, 1.54) is 0 Å². The average Bonchev–Trinajstić information content (AvgIpc) is 2.96. The smallest absolute Gasteiger partial charge is 0.168 e. The standard InChI is InChI=1S/C19H21Cl3N4S/c1-5-6-7-10(2)16-15-18(24-11(3)23-16)26(25-19(15)27-4)17-13(21)8-12(20)9-14(17)22/h8-10H,5-7H2,1-4H3. The molecule has 8 heteroatoms. The molecule has 0 radical (unpaired) electrons. The Hall–Kier alpha value is -1.01. The van der Waals surface area contributed by atoms with Gasteiger partial charge >= 0.3 is 0 Å². The zero-order valence-corrected chi connectivity index (χ0v) is 18.8. The number of hydrogen-bond acceptors (Lipinski definition) is 4. The van der Waals surface area contributed by atoms with Gasteiger partial charge in [-0.15, -0.1) is 11.8 Å². The monoisotopic (exact) mass is 442 g/mol. The molecular formula is C19H21Cl3N4S. The summed E-state index contributed by atoms with van der Waals surface area (Å²) in [6.45, 7) is 6.31. The second-order valence-corrected chi connectivity index (χ2v) is 8.58. The SMILES string of the molecule is CCCCC(C)c1nc(C)nc2c1c(SC)nn2-c1c(Cl)cc(Cl)cc1Cl. The maximum absolute atomic E-state index is 6.45. The lowest BCUT2D eigenvalue weighted by Gasteiger charge is -2.13. The number of halogens is 3. The lowest BCUT2D eigenvalue weighted by molar-refractivity contribution is 0.612. The lowest BCUT2D eigenvalue weighted by Crippen LogP contribution is -2.05. The summed E-state index contributed by atoms with van der Waals surface area (Å²) >= 11 is 20.5. The summed E-state index contributed by atoms with van der Waals surface area (Å²) in [5.74, 6) is 1.02. The third-order valence-corrected chi connectivity index (χ3v) is 5.95. The average molecular weight is 444 g/mol. The van der Waals surface area contributed by atoms with Crippen molar-refractivity contribution in [1.82, 2.24) is 19.7 Å². The van der Waals surface area contributed by atoms with Crippen LogP contribution in [0, 0.1) is 6.92 Å². The van der Waals surface area contributed by atoms with Crippen LogP contribution in [0.15, 0.2) is 17.2 Å². The van der Waals surface area contributed by atoms with Crippen LogP contribution < -0.4 is 0 Å². The highest BCUT2D eigenvalue weighted by Crippen LogP contribution is 2.38. The van der Waals surface area contributed by atoms with Crippen molar-refractivity contribution in [2.45, 2.75) is 51.0 Å². The van der Waals surface area contributed by atoms with Crippen LogP contribution in [0.4, 0.5) is 0 Å². The first kappa shape index (κ1) is 20.7. The summed E-state index contributed by atoms with van der Waals surface area (Å²) in [4.78, 5) is 9.44. The molecule has 144 valence electrons. The van der Waals surface area contributed by atoms with E-state index in [0.29, 0.717) is 32.5 Å². The van der Waals surface area contributed by atoms with E-state index >= 15 is 0 Å². The van der Waals surface area contributed by atoms with Gasteiger partial charge in [-0.05, 0) is 37.7 Å². The van der Waals surface area contributed by atoms with Gasteiger partial charge in [-0.2, -0.15) is 5.10 Å². The first-order chi connectivity index (χ1) is 12.9. The minimum Gasteiger partial charge on any atom is -0.237 e. The van der Waals surface area contributed by atoms with Crippen molar-refractivity contribution >= 4 is 57.6 Å². The lowest BCUT2D eigenvalue weighted by atomic mass is 9.98. The normalized spacial score (nSPS) is 12.7. The maximum Gasteiger partial charge on any atom is 0.168 e. The van der Waals surface area contributed by atoms with E-state index in [-0.39, 0.29) is 0 Å². The molecule has 0 spiro atoms. The molecule has 1 atom stereocenters. The predicted octanol–water partition coefficient (Wildman–Crippen LogP) is 7.10. The third-order valence-electron chi connectivity index (χ3n) is 4.48. The topological polar surface area (TPSA) is 43.6 Å². The summed E-state index contributed by atoms with van der Waals surface area (Å²) < 4.78 is 1.72. The van der Waals surface area contributed by atoms with Crippen molar-refractivity contribution in [3.05, 3.63) is 38.7 Å². The summed E-state index contributed by atoms with van der Waals surface area (Å²) in [6.07, 6.45) is 5.38. The number of nitrogens with zero attached hydrogens (tertiary/aromatic N) is 4. The van der Waals surface area contributed by atoms with E-state index in [1.54, 1.807) is 28.6 Å². The molecule has 3 rings (SSSR count). The highest BCUT2D eigenvalue weighted by Gasteiger charge is 2.23. The van der Waals surface area contributed by atoms with Crippen molar-refractivity contribution < 1.29 is 0 Å². The van der Waals surface area contributed by atoms with E-state index < -0.39 is 0 Å². The number of thioether (sulfide) groups is 1. The number of aryl methyl sites for hydroxylation is 1. The molecular weight excluding hydrogens is 423 g/mol. The molecule has 1 aromatic carbocycles. The number of rotatable bonds is 6. The second-order valence-electron chi connectivity index (χ2n) is 6.54. The van der Waals surface area contributed by atoms with Crippen LogP contribution >= 0.6 is 46.6 Å². The molecule has 0 amide bonds. The molecule has 0 saturated heterocycles. The Labute approximate surface area is 178 Å². The molecule has 4 nitrogen and oxygen atoms in total. The molecule has 0 aliphatic carbocycles. The van der Waals surface area contributed by atoms with Crippen LogP contribution in [0.5, 0.6) is 0 Å². The molecule has 3 aromatic rings. The van der Waals surface area contributed by atoms with Gasteiger partial charge in [0.2, 0.25) is 0 Å².